The van der Waals surface area contributed by atoms with Gasteiger partial charge in [0.25, 0.3) is 0 Å². The number of nitrogens with two attached hydrogens (primary N) is 1. The Morgan fingerprint density at radius 2 is 1.94 bits per heavy atom. The molecule has 0 amide bonds. The van der Waals surface area contributed by atoms with E-state index in [1.54, 1.807) is 32.2 Å². The molecule has 4 heteroatoms. The zero-order chi connectivity index (χ0) is 12.8. The topological polar surface area (TPSA) is 44.5 Å². The minimum absolute atomic E-state index is 0.129. The van der Waals surface area contributed by atoms with Gasteiger partial charge in [0.2, 0.25) is 0 Å². The lowest BCUT2D eigenvalue weighted by atomic mass is 10.0. The van der Waals surface area contributed by atoms with Gasteiger partial charge in [-0.15, -0.1) is 0 Å². The van der Waals surface area contributed by atoms with Crippen LogP contribution in [0.4, 0.5) is 4.39 Å². The summed E-state index contributed by atoms with van der Waals surface area (Å²) in [5, 5.41) is 0. The SMILES string of the molecule is COCC(C)OC(c1ccccc1F)C(C)N. The molecule has 1 aromatic rings. The zero-order valence-corrected chi connectivity index (χ0v) is 10.5. The fourth-order valence-electron chi connectivity index (χ4n) is 1.71. The summed E-state index contributed by atoms with van der Waals surface area (Å²) in [6.45, 7) is 4.13. The third-order valence-electron chi connectivity index (χ3n) is 2.47. The highest BCUT2D eigenvalue weighted by molar-refractivity contribution is 5.21. The van der Waals surface area contributed by atoms with Crippen molar-refractivity contribution in [2.24, 2.45) is 5.73 Å². The van der Waals surface area contributed by atoms with Crippen molar-refractivity contribution >= 4 is 0 Å². The molecule has 0 aliphatic heterocycles. The van der Waals surface area contributed by atoms with Crippen molar-refractivity contribution in [2.45, 2.75) is 32.1 Å². The highest BCUT2D eigenvalue weighted by Crippen LogP contribution is 2.24. The predicted octanol–water partition coefficient (Wildman–Crippen LogP) is 2.27. The fourth-order valence-corrected chi connectivity index (χ4v) is 1.71. The molecule has 0 spiro atoms. The van der Waals surface area contributed by atoms with Crippen LogP contribution in [-0.4, -0.2) is 25.9 Å². The number of rotatable bonds is 6. The summed E-state index contributed by atoms with van der Waals surface area (Å²) in [6, 6.07) is 6.25. The lowest BCUT2D eigenvalue weighted by Gasteiger charge is -2.25. The average Bonchev–Trinajstić information content (AvgIpc) is 2.27. The molecule has 0 radical (unpaired) electrons. The number of halogens is 1. The molecule has 0 saturated carbocycles. The lowest BCUT2D eigenvalue weighted by Crippen LogP contribution is -2.31. The quantitative estimate of drug-likeness (QED) is 0.831. The van der Waals surface area contributed by atoms with Crippen LogP contribution in [0.2, 0.25) is 0 Å². The summed E-state index contributed by atoms with van der Waals surface area (Å²) >= 11 is 0. The van der Waals surface area contributed by atoms with Gasteiger partial charge in [-0.05, 0) is 19.9 Å². The van der Waals surface area contributed by atoms with E-state index in [0.717, 1.165) is 0 Å². The second-order valence-corrected chi connectivity index (χ2v) is 4.20. The molecule has 3 nitrogen and oxygen atoms in total. The average molecular weight is 241 g/mol. The maximum absolute atomic E-state index is 13.7. The molecule has 0 aliphatic rings. The van der Waals surface area contributed by atoms with Crippen molar-refractivity contribution in [1.82, 2.24) is 0 Å². The van der Waals surface area contributed by atoms with Crippen molar-refractivity contribution in [3.8, 4) is 0 Å². The van der Waals surface area contributed by atoms with Gasteiger partial charge in [0.1, 0.15) is 11.9 Å². The number of methoxy groups -OCH3 is 1. The Morgan fingerprint density at radius 1 is 1.29 bits per heavy atom. The standard InChI is InChI=1S/C13H20FNO2/c1-9(8-16-3)17-13(10(2)15)11-6-4-5-7-12(11)14/h4-7,9-10,13H,8,15H2,1-3H3. The van der Waals surface area contributed by atoms with Crippen molar-refractivity contribution in [1.29, 1.82) is 0 Å². The van der Waals surface area contributed by atoms with Crippen molar-refractivity contribution in [3.63, 3.8) is 0 Å². The second-order valence-electron chi connectivity index (χ2n) is 4.20. The molecule has 0 heterocycles. The molecule has 3 atom stereocenters. The van der Waals surface area contributed by atoms with E-state index in [9.17, 15) is 4.39 Å². The smallest absolute Gasteiger partial charge is 0.129 e. The normalized spacial score (nSPS) is 16.5. The Morgan fingerprint density at radius 3 is 2.47 bits per heavy atom. The Bertz CT molecular complexity index is 344. The molecular formula is C13H20FNO2. The first-order valence-corrected chi connectivity index (χ1v) is 5.70. The van der Waals surface area contributed by atoms with E-state index in [1.165, 1.54) is 6.07 Å². The van der Waals surface area contributed by atoms with Crippen LogP contribution >= 0.6 is 0 Å². The highest BCUT2D eigenvalue weighted by Gasteiger charge is 2.22. The van der Waals surface area contributed by atoms with E-state index >= 15 is 0 Å². The Balaban J connectivity index is 2.83. The molecule has 0 saturated heterocycles. The minimum atomic E-state index is -0.457. The Kier molecular flexibility index (Phi) is 5.55. The van der Waals surface area contributed by atoms with Crippen LogP contribution in [0.15, 0.2) is 24.3 Å². The molecular weight excluding hydrogens is 221 g/mol. The summed E-state index contributed by atoms with van der Waals surface area (Å²) in [4.78, 5) is 0. The van der Waals surface area contributed by atoms with Crippen molar-refractivity contribution < 1.29 is 13.9 Å². The van der Waals surface area contributed by atoms with Gasteiger partial charge in [-0.25, -0.2) is 4.39 Å². The Hall–Kier alpha value is -0.970. The van der Waals surface area contributed by atoms with Crippen LogP contribution in [-0.2, 0) is 9.47 Å². The first kappa shape index (κ1) is 14.1. The second kappa shape index (κ2) is 6.69. The molecule has 1 aromatic carbocycles. The van der Waals surface area contributed by atoms with Gasteiger partial charge in [-0.2, -0.15) is 0 Å². The summed E-state index contributed by atoms with van der Waals surface area (Å²) in [6.07, 6.45) is -0.586. The highest BCUT2D eigenvalue weighted by atomic mass is 19.1. The molecule has 2 N–H and O–H groups in total. The van der Waals surface area contributed by atoms with E-state index in [-0.39, 0.29) is 18.0 Å². The molecule has 1 rings (SSSR count). The van der Waals surface area contributed by atoms with Gasteiger partial charge >= 0.3 is 0 Å². The van der Waals surface area contributed by atoms with Gasteiger partial charge < -0.3 is 15.2 Å². The number of benzene rings is 1. The minimum Gasteiger partial charge on any atom is -0.382 e. The van der Waals surface area contributed by atoms with E-state index in [4.69, 9.17) is 15.2 Å². The largest absolute Gasteiger partial charge is 0.382 e. The number of hydrogen-bond acceptors (Lipinski definition) is 3. The van der Waals surface area contributed by atoms with E-state index in [2.05, 4.69) is 0 Å². The van der Waals surface area contributed by atoms with Crippen LogP contribution in [0.25, 0.3) is 0 Å². The molecule has 0 fully saturated rings. The van der Waals surface area contributed by atoms with E-state index < -0.39 is 6.10 Å². The molecule has 0 bridgehead atoms. The third kappa shape index (κ3) is 4.07. The Labute approximate surface area is 102 Å². The van der Waals surface area contributed by atoms with Gasteiger partial charge in [-0.3, -0.25) is 0 Å². The maximum Gasteiger partial charge on any atom is 0.129 e. The van der Waals surface area contributed by atoms with Gasteiger partial charge in [-0.1, -0.05) is 18.2 Å². The number of ether oxygens (including phenoxy) is 2. The molecule has 0 aliphatic carbocycles. The van der Waals surface area contributed by atoms with Gasteiger partial charge in [0.05, 0.1) is 12.7 Å². The fraction of sp³-hybridized carbons (Fsp3) is 0.538. The maximum atomic E-state index is 13.7. The third-order valence-corrected chi connectivity index (χ3v) is 2.47. The first-order chi connectivity index (χ1) is 8.06. The summed E-state index contributed by atoms with van der Waals surface area (Å²) < 4.78 is 24.4. The summed E-state index contributed by atoms with van der Waals surface area (Å²) in [5.41, 5.74) is 6.34. The molecule has 17 heavy (non-hydrogen) atoms. The predicted molar refractivity (Wildman–Crippen MR) is 65.2 cm³/mol. The van der Waals surface area contributed by atoms with Crippen LogP contribution in [0.1, 0.15) is 25.5 Å². The van der Waals surface area contributed by atoms with Gasteiger partial charge in [0, 0.05) is 18.7 Å². The monoisotopic (exact) mass is 241 g/mol. The summed E-state index contributed by atoms with van der Waals surface area (Å²) in [7, 11) is 1.60. The summed E-state index contributed by atoms with van der Waals surface area (Å²) in [5.74, 6) is -0.292. The van der Waals surface area contributed by atoms with Crippen LogP contribution in [0.3, 0.4) is 0 Å². The molecule has 96 valence electrons. The van der Waals surface area contributed by atoms with Crippen molar-refractivity contribution in [2.75, 3.05) is 13.7 Å². The molecule has 3 unspecified atom stereocenters. The van der Waals surface area contributed by atoms with Crippen LogP contribution in [0, 0.1) is 5.82 Å². The van der Waals surface area contributed by atoms with Gasteiger partial charge in [0.15, 0.2) is 0 Å². The van der Waals surface area contributed by atoms with Crippen LogP contribution < -0.4 is 5.73 Å². The van der Waals surface area contributed by atoms with Crippen LogP contribution in [0.5, 0.6) is 0 Å². The van der Waals surface area contributed by atoms with Crippen molar-refractivity contribution in [3.05, 3.63) is 35.6 Å². The van der Waals surface area contributed by atoms with E-state index in [1.807, 2.05) is 6.92 Å². The first-order valence-electron chi connectivity index (χ1n) is 5.70. The van der Waals surface area contributed by atoms with E-state index in [0.29, 0.717) is 12.2 Å². The molecule has 0 aromatic heterocycles. The zero-order valence-electron chi connectivity index (χ0n) is 10.5. The lowest BCUT2D eigenvalue weighted by molar-refractivity contribution is -0.0493. The number of hydrogen-bond donors (Lipinski definition) is 1.